The first-order chi connectivity index (χ1) is 14.3. The molecule has 1 amide bonds. The zero-order valence-corrected chi connectivity index (χ0v) is 16.1. The van der Waals surface area contributed by atoms with Gasteiger partial charge >= 0.3 is 6.18 Å². The molecule has 1 heterocycles. The number of ketones is 1. The van der Waals surface area contributed by atoms with Crippen molar-refractivity contribution in [1.82, 2.24) is 4.90 Å². The van der Waals surface area contributed by atoms with E-state index in [-0.39, 0.29) is 5.91 Å². The van der Waals surface area contributed by atoms with E-state index in [4.69, 9.17) is 4.74 Å². The summed E-state index contributed by atoms with van der Waals surface area (Å²) >= 11 is 0. The Morgan fingerprint density at radius 1 is 1.10 bits per heavy atom. The largest absolute Gasteiger partial charge is 0.489 e. The maximum Gasteiger partial charge on any atom is 0.454 e. The number of ether oxygens (including phenoxy) is 1. The van der Waals surface area contributed by atoms with E-state index in [1.807, 2.05) is 30.3 Å². The topological polar surface area (TPSA) is 58.6 Å². The van der Waals surface area contributed by atoms with Crippen LogP contribution in [0.15, 0.2) is 66.9 Å². The number of hydrogen-bond acceptors (Lipinski definition) is 4. The number of carbonyl (C=O) groups excluding carboxylic acids is 2. The molecule has 2 aromatic rings. The summed E-state index contributed by atoms with van der Waals surface area (Å²) in [5.74, 6) is -1.64. The highest BCUT2D eigenvalue weighted by Crippen LogP contribution is 2.22. The number of carbonyl (C=O) groups is 2. The van der Waals surface area contributed by atoms with Gasteiger partial charge < -0.3 is 15.0 Å². The fraction of sp³-hybridized carbons (Fsp3) is 0.273. The van der Waals surface area contributed by atoms with E-state index in [2.05, 4.69) is 5.32 Å². The highest BCUT2D eigenvalue weighted by atomic mass is 19.4. The molecule has 1 saturated heterocycles. The van der Waals surface area contributed by atoms with Gasteiger partial charge in [-0.3, -0.25) is 9.59 Å². The van der Waals surface area contributed by atoms with Crippen LogP contribution < -0.4 is 10.1 Å². The molecule has 158 valence electrons. The van der Waals surface area contributed by atoms with Crippen LogP contribution in [-0.4, -0.2) is 35.4 Å². The first-order valence-electron chi connectivity index (χ1n) is 9.46. The van der Waals surface area contributed by atoms with Crippen molar-refractivity contribution in [2.45, 2.75) is 31.7 Å². The van der Waals surface area contributed by atoms with E-state index < -0.39 is 18.0 Å². The van der Waals surface area contributed by atoms with Crippen molar-refractivity contribution in [3.05, 3.63) is 72.4 Å². The van der Waals surface area contributed by atoms with Gasteiger partial charge in [0.25, 0.3) is 5.78 Å². The fourth-order valence-corrected chi connectivity index (χ4v) is 3.11. The van der Waals surface area contributed by atoms with Gasteiger partial charge in [0.1, 0.15) is 18.4 Å². The van der Waals surface area contributed by atoms with Crippen molar-refractivity contribution in [2.24, 2.45) is 0 Å². The second-order valence-electron chi connectivity index (χ2n) is 6.86. The summed E-state index contributed by atoms with van der Waals surface area (Å²) in [6.07, 6.45) is -2.26. The third-order valence-corrected chi connectivity index (χ3v) is 4.66. The first-order valence-corrected chi connectivity index (χ1v) is 9.46. The summed E-state index contributed by atoms with van der Waals surface area (Å²) in [7, 11) is 0. The van der Waals surface area contributed by atoms with Crippen LogP contribution in [0.25, 0.3) is 0 Å². The maximum atomic E-state index is 12.5. The quantitative estimate of drug-likeness (QED) is 0.681. The number of nitrogens with zero attached hydrogens (tertiary/aromatic N) is 1. The Balaban J connectivity index is 1.54. The van der Waals surface area contributed by atoms with Crippen molar-refractivity contribution in [2.75, 3.05) is 11.9 Å². The SMILES string of the molecule is O=C(Nc1ccc(OCc2ccccc2)cc1)C1CCCN1C=CC(=O)C(F)(F)F. The van der Waals surface area contributed by atoms with Gasteiger partial charge in [-0.1, -0.05) is 30.3 Å². The Kier molecular flexibility index (Phi) is 6.76. The van der Waals surface area contributed by atoms with Crippen molar-refractivity contribution in [3.63, 3.8) is 0 Å². The number of halogens is 3. The van der Waals surface area contributed by atoms with Crippen molar-refractivity contribution >= 4 is 17.4 Å². The van der Waals surface area contributed by atoms with Crippen LogP contribution in [0, 0.1) is 0 Å². The molecule has 0 aromatic heterocycles. The molecule has 0 radical (unpaired) electrons. The smallest absolute Gasteiger partial charge is 0.454 e. The molecule has 1 fully saturated rings. The van der Waals surface area contributed by atoms with Crippen LogP contribution in [0.3, 0.4) is 0 Å². The lowest BCUT2D eigenvalue weighted by atomic mass is 10.2. The van der Waals surface area contributed by atoms with E-state index in [0.717, 1.165) is 11.8 Å². The number of alkyl halides is 3. The average molecular weight is 418 g/mol. The number of nitrogens with one attached hydrogen (secondary N) is 1. The molecule has 2 aromatic carbocycles. The maximum absolute atomic E-state index is 12.5. The van der Waals surface area contributed by atoms with E-state index in [1.165, 1.54) is 4.90 Å². The molecule has 0 saturated carbocycles. The van der Waals surface area contributed by atoms with Gasteiger partial charge in [0.15, 0.2) is 0 Å². The van der Waals surface area contributed by atoms with Crippen LogP contribution in [0.1, 0.15) is 18.4 Å². The van der Waals surface area contributed by atoms with E-state index in [1.54, 1.807) is 24.3 Å². The molecule has 5 nitrogen and oxygen atoms in total. The van der Waals surface area contributed by atoms with Crippen LogP contribution in [0.4, 0.5) is 18.9 Å². The predicted molar refractivity (Wildman–Crippen MR) is 106 cm³/mol. The van der Waals surface area contributed by atoms with Crippen LogP contribution in [-0.2, 0) is 16.2 Å². The highest BCUT2D eigenvalue weighted by molar-refractivity contribution is 5.96. The first kappa shape index (κ1) is 21.4. The Labute approximate surface area is 172 Å². The number of anilines is 1. The third-order valence-electron chi connectivity index (χ3n) is 4.66. The lowest BCUT2D eigenvalue weighted by Gasteiger charge is -2.22. The molecular formula is C22H21F3N2O3. The number of allylic oxidation sites excluding steroid dienone is 1. The lowest BCUT2D eigenvalue weighted by molar-refractivity contribution is -0.165. The summed E-state index contributed by atoms with van der Waals surface area (Å²) < 4.78 is 42.7. The predicted octanol–water partition coefficient (Wildman–Crippen LogP) is 4.31. The van der Waals surface area contributed by atoms with Gasteiger partial charge in [-0.2, -0.15) is 13.2 Å². The van der Waals surface area contributed by atoms with Crippen LogP contribution in [0.5, 0.6) is 5.75 Å². The van der Waals surface area contributed by atoms with Gasteiger partial charge in [-0.15, -0.1) is 0 Å². The van der Waals surface area contributed by atoms with Crippen molar-refractivity contribution in [1.29, 1.82) is 0 Å². The normalized spacial score (nSPS) is 16.6. The van der Waals surface area contributed by atoms with Crippen molar-refractivity contribution in [3.8, 4) is 5.75 Å². The second kappa shape index (κ2) is 9.47. The number of rotatable bonds is 7. The van der Waals surface area contributed by atoms with Crippen LogP contribution >= 0.6 is 0 Å². The van der Waals surface area contributed by atoms with Gasteiger partial charge in [0.2, 0.25) is 5.91 Å². The van der Waals surface area contributed by atoms with E-state index in [9.17, 15) is 22.8 Å². The zero-order valence-electron chi connectivity index (χ0n) is 16.1. The monoisotopic (exact) mass is 418 g/mol. The minimum atomic E-state index is -4.92. The molecule has 0 aliphatic carbocycles. The molecule has 1 aliphatic heterocycles. The van der Waals surface area contributed by atoms with Crippen molar-refractivity contribution < 1.29 is 27.5 Å². The van der Waals surface area contributed by atoms with Gasteiger partial charge in [-0.25, -0.2) is 0 Å². The number of hydrogen-bond donors (Lipinski definition) is 1. The van der Waals surface area contributed by atoms with E-state index >= 15 is 0 Å². The molecule has 1 atom stereocenters. The average Bonchev–Trinajstić information content (AvgIpc) is 3.20. The van der Waals surface area contributed by atoms with Gasteiger partial charge in [0, 0.05) is 24.5 Å². The fourth-order valence-electron chi connectivity index (χ4n) is 3.11. The molecule has 0 bridgehead atoms. The Morgan fingerprint density at radius 3 is 2.47 bits per heavy atom. The molecule has 1 N–H and O–H groups in total. The summed E-state index contributed by atoms with van der Waals surface area (Å²) in [5, 5.41) is 2.76. The Bertz CT molecular complexity index is 896. The molecule has 0 spiro atoms. The number of amides is 1. The number of likely N-dealkylation sites (tertiary alicyclic amines) is 1. The van der Waals surface area contributed by atoms with Gasteiger partial charge in [0.05, 0.1) is 0 Å². The number of benzene rings is 2. The molecule has 1 aliphatic rings. The Hall–Kier alpha value is -3.29. The molecule has 8 heteroatoms. The second-order valence-corrected chi connectivity index (χ2v) is 6.86. The standard InChI is InChI=1S/C22H21F3N2O3/c23-22(24,25)20(28)12-14-27-13-4-7-19(27)21(29)26-17-8-10-18(11-9-17)30-15-16-5-2-1-3-6-16/h1-3,5-6,8-12,14,19H,4,7,13,15H2,(H,26,29). The molecule has 30 heavy (non-hydrogen) atoms. The zero-order chi connectivity index (χ0) is 21.6. The summed E-state index contributed by atoms with van der Waals surface area (Å²) in [5.41, 5.74) is 1.59. The highest BCUT2D eigenvalue weighted by Gasteiger charge is 2.37. The summed E-state index contributed by atoms with van der Waals surface area (Å²) in [6.45, 7) is 0.832. The Morgan fingerprint density at radius 2 is 1.80 bits per heavy atom. The molecule has 3 rings (SSSR count). The third kappa shape index (κ3) is 5.85. The summed E-state index contributed by atoms with van der Waals surface area (Å²) in [6, 6.07) is 15.9. The van der Waals surface area contributed by atoms with Crippen LogP contribution in [0.2, 0.25) is 0 Å². The lowest BCUT2D eigenvalue weighted by Crippen LogP contribution is -2.36. The molecular weight excluding hydrogens is 397 g/mol. The van der Waals surface area contributed by atoms with E-state index in [0.29, 0.717) is 43.5 Å². The molecule has 1 unspecified atom stereocenters. The minimum Gasteiger partial charge on any atom is -0.489 e. The minimum absolute atomic E-state index is 0.338. The summed E-state index contributed by atoms with van der Waals surface area (Å²) in [4.78, 5) is 25.0. The van der Waals surface area contributed by atoms with Gasteiger partial charge in [-0.05, 0) is 42.7 Å².